The highest BCUT2D eigenvalue weighted by atomic mass is 16.5. The van der Waals surface area contributed by atoms with Crippen LogP contribution in [0, 0.1) is 17.8 Å². The molecule has 0 spiro atoms. The minimum absolute atomic E-state index is 0.000583. The SMILES string of the molecule is C#CCOc1ccc(CCNC(=NC)NCC2(CCO)CCOC2)cc1. The molecule has 1 aliphatic heterocycles. The quantitative estimate of drug-likeness (QED) is 0.351. The number of nitrogens with zero attached hydrogens (tertiary/aromatic N) is 1. The summed E-state index contributed by atoms with van der Waals surface area (Å²) in [6.45, 7) is 3.42. The van der Waals surface area contributed by atoms with Crippen LogP contribution in [0.3, 0.4) is 0 Å². The number of hydrogen-bond donors (Lipinski definition) is 3. The first-order valence-electron chi connectivity index (χ1n) is 9.00. The van der Waals surface area contributed by atoms with Crippen molar-refractivity contribution in [3.05, 3.63) is 29.8 Å². The fourth-order valence-electron chi connectivity index (χ4n) is 3.01. The Bertz CT molecular complexity index is 602. The average Bonchev–Trinajstić information content (AvgIpc) is 3.13. The second-order valence-electron chi connectivity index (χ2n) is 6.52. The third kappa shape index (κ3) is 6.25. The van der Waals surface area contributed by atoms with E-state index in [1.54, 1.807) is 7.05 Å². The zero-order valence-electron chi connectivity index (χ0n) is 15.5. The maximum absolute atomic E-state index is 9.30. The van der Waals surface area contributed by atoms with Crippen molar-refractivity contribution in [2.24, 2.45) is 10.4 Å². The maximum Gasteiger partial charge on any atom is 0.191 e. The first kappa shape index (κ1) is 20.1. The Kier molecular flexibility index (Phi) is 8.26. The molecule has 1 aromatic carbocycles. The van der Waals surface area contributed by atoms with Crippen LogP contribution in [0.25, 0.3) is 0 Å². The van der Waals surface area contributed by atoms with Gasteiger partial charge in [0, 0.05) is 38.8 Å². The number of hydrogen-bond acceptors (Lipinski definition) is 4. The number of terminal acetylenes is 1. The minimum Gasteiger partial charge on any atom is -0.481 e. The van der Waals surface area contributed by atoms with E-state index in [0.717, 1.165) is 50.7 Å². The van der Waals surface area contributed by atoms with Crippen molar-refractivity contribution in [3.8, 4) is 18.1 Å². The summed E-state index contributed by atoms with van der Waals surface area (Å²) in [6, 6.07) is 7.93. The summed E-state index contributed by atoms with van der Waals surface area (Å²) < 4.78 is 10.9. The molecule has 142 valence electrons. The van der Waals surface area contributed by atoms with Crippen LogP contribution in [0.4, 0.5) is 0 Å². The predicted octanol–water partition coefficient (Wildman–Crippen LogP) is 1.20. The Morgan fingerprint density at radius 2 is 2.19 bits per heavy atom. The van der Waals surface area contributed by atoms with Gasteiger partial charge < -0.3 is 25.2 Å². The van der Waals surface area contributed by atoms with Crippen LogP contribution < -0.4 is 15.4 Å². The number of aliphatic imine (C=N–C) groups is 1. The lowest BCUT2D eigenvalue weighted by molar-refractivity contribution is 0.127. The minimum atomic E-state index is 0.000583. The van der Waals surface area contributed by atoms with E-state index in [4.69, 9.17) is 15.9 Å². The van der Waals surface area contributed by atoms with Crippen LogP contribution in [0.1, 0.15) is 18.4 Å². The highest BCUT2D eigenvalue weighted by Crippen LogP contribution is 2.31. The van der Waals surface area contributed by atoms with E-state index in [1.807, 2.05) is 24.3 Å². The number of guanidine groups is 1. The Hall–Kier alpha value is -2.23. The molecular formula is C20H29N3O3. The van der Waals surface area contributed by atoms with Crippen LogP contribution in [-0.4, -0.2) is 57.6 Å². The van der Waals surface area contributed by atoms with E-state index in [0.29, 0.717) is 6.61 Å². The van der Waals surface area contributed by atoms with Gasteiger partial charge >= 0.3 is 0 Å². The molecule has 0 aliphatic carbocycles. The topological polar surface area (TPSA) is 75.1 Å². The standard InChI is InChI=1S/C20H29N3O3/c1-3-13-26-18-6-4-17(5-7-18)8-11-22-19(21-2)23-15-20(9-12-24)10-14-25-16-20/h1,4-7,24H,8-16H2,2H3,(H2,21,22,23). The van der Waals surface area contributed by atoms with Crippen molar-refractivity contribution < 1.29 is 14.6 Å². The van der Waals surface area contributed by atoms with Crippen molar-refractivity contribution in [2.45, 2.75) is 19.3 Å². The zero-order chi connectivity index (χ0) is 18.7. The molecule has 1 heterocycles. The fraction of sp³-hybridized carbons (Fsp3) is 0.550. The van der Waals surface area contributed by atoms with Gasteiger partial charge in [0.25, 0.3) is 0 Å². The van der Waals surface area contributed by atoms with E-state index < -0.39 is 0 Å². The van der Waals surface area contributed by atoms with Gasteiger partial charge in [-0.1, -0.05) is 18.1 Å². The molecule has 1 atom stereocenters. The number of benzene rings is 1. The first-order chi connectivity index (χ1) is 12.7. The van der Waals surface area contributed by atoms with E-state index in [9.17, 15) is 5.11 Å². The van der Waals surface area contributed by atoms with Crippen molar-refractivity contribution >= 4 is 5.96 Å². The summed E-state index contributed by atoms with van der Waals surface area (Å²) >= 11 is 0. The summed E-state index contributed by atoms with van der Waals surface area (Å²) in [4.78, 5) is 4.27. The average molecular weight is 359 g/mol. The van der Waals surface area contributed by atoms with E-state index in [-0.39, 0.29) is 18.6 Å². The van der Waals surface area contributed by atoms with Crippen LogP contribution >= 0.6 is 0 Å². The molecule has 1 unspecified atom stereocenters. The largest absolute Gasteiger partial charge is 0.481 e. The second kappa shape index (κ2) is 10.7. The van der Waals surface area contributed by atoms with Gasteiger partial charge in [-0.25, -0.2) is 0 Å². The normalized spacial score (nSPS) is 19.8. The molecule has 1 fully saturated rings. The van der Waals surface area contributed by atoms with Gasteiger partial charge in [0.1, 0.15) is 12.4 Å². The Labute approximate surface area is 156 Å². The molecule has 1 aromatic rings. The highest BCUT2D eigenvalue weighted by molar-refractivity contribution is 5.79. The summed E-state index contributed by atoms with van der Waals surface area (Å²) in [5.41, 5.74) is 1.21. The number of aliphatic hydroxyl groups is 1. The van der Waals surface area contributed by atoms with Crippen molar-refractivity contribution in [3.63, 3.8) is 0 Å². The van der Waals surface area contributed by atoms with Crippen LogP contribution in [0.15, 0.2) is 29.3 Å². The monoisotopic (exact) mass is 359 g/mol. The van der Waals surface area contributed by atoms with Crippen LogP contribution in [0.2, 0.25) is 0 Å². The lowest BCUT2D eigenvalue weighted by atomic mass is 9.84. The van der Waals surface area contributed by atoms with Gasteiger partial charge in [-0.05, 0) is 37.0 Å². The number of aliphatic hydroxyl groups excluding tert-OH is 1. The summed E-state index contributed by atoms with van der Waals surface area (Å²) in [7, 11) is 1.76. The molecule has 6 nitrogen and oxygen atoms in total. The number of ether oxygens (including phenoxy) is 2. The molecule has 0 aromatic heterocycles. The second-order valence-corrected chi connectivity index (χ2v) is 6.52. The molecule has 0 saturated carbocycles. The maximum atomic E-state index is 9.30. The smallest absolute Gasteiger partial charge is 0.191 e. The van der Waals surface area contributed by atoms with Gasteiger partial charge in [0.2, 0.25) is 0 Å². The lowest BCUT2D eigenvalue weighted by Crippen LogP contribution is -2.45. The molecule has 2 rings (SSSR count). The van der Waals surface area contributed by atoms with Crippen LogP contribution in [0.5, 0.6) is 5.75 Å². The third-order valence-electron chi connectivity index (χ3n) is 4.63. The molecular weight excluding hydrogens is 330 g/mol. The van der Waals surface area contributed by atoms with Crippen molar-refractivity contribution in [1.82, 2.24) is 10.6 Å². The van der Waals surface area contributed by atoms with Gasteiger partial charge in [0.05, 0.1) is 6.61 Å². The Balaban J connectivity index is 1.74. The van der Waals surface area contributed by atoms with Crippen molar-refractivity contribution in [2.75, 3.05) is 46.6 Å². The number of rotatable bonds is 9. The highest BCUT2D eigenvalue weighted by Gasteiger charge is 2.34. The molecule has 1 saturated heterocycles. The first-order valence-corrected chi connectivity index (χ1v) is 9.00. The molecule has 26 heavy (non-hydrogen) atoms. The van der Waals surface area contributed by atoms with Crippen molar-refractivity contribution in [1.29, 1.82) is 0 Å². The molecule has 0 amide bonds. The van der Waals surface area contributed by atoms with E-state index in [2.05, 4.69) is 21.5 Å². The van der Waals surface area contributed by atoms with Crippen LogP contribution in [-0.2, 0) is 11.2 Å². The van der Waals surface area contributed by atoms with Gasteiger partial charge in [-0.2, -0.15) is 0 Å². The summed E-state index contributed by atoms with van der Waals surface area (Å²) in [5.74, 6) is 4.00. The Morgan fingerprint density at radius 3 is 2.81 bits per heavy atom. The molecule has 0 radical (unpaired) electrons. The van der Waals surface area contributed by atoms with Gasteiger partial charge in [0.15, 0.2) is 5.96 Å². The fourth-order valence-corrected chi connectivity index (χ4v) is 3.01. The Morgan fingerprint density at radius 1 is 1.38 bits per heavy atom. The summed E-state index contributed by atoms with van der Waals surface area (Å²) in [6.07, 6.45) is 7.76. The lowest BCUT2D eigenvalue weighted by Gasteiger charge is -2.27. The molecule has 0 bridgehead atoms. The molecule has 3 N–H and O–H groups in total. The zero-order valence-corrected chi connectivity index (χ0v) is 15.5. The molecule has 6 heteroatoms. The van der Waals surface area contributed by atoms with Gasteiger partial charge in [-0.15, -0.1) is 6.42 Å². The van der Waals surface area contributed by atoms with Gasteiger partial charge in [-0.3, -0.25) is 4.99 Å². The predicted molar refractivity (Wildman–Crippen MR) is 103 cm³/mol. The number of nitrogens with one attached hydrogen (secondary N) is 2. The summed E-state index contributed by atoms with van der Waals surface area (Å²) in [5, 5.41) is 16.0. The van der Waals surface area contributed by atoms with E-state index >= 15 is 0 Å². The van der Waals surface area contributed by atoms with E-state index in [1.165, 1.54) is 5.56 Å². The third-order valence-corrected chi connectivity index (χ3v) is 4.63. The molecule has 1 aliphatic rings.